The number of nitrogens with one attached hydrogen (secondary N) is 1. The molecule has 2 N–H and O–H groups in total. The minimum atomic E-state index is -0.793. The normalized spacial score (nSPS) is 18.1. The Morgan fingerprint density at radius 3 is 2.47 bits per heavy atom. The maximum absolute atomic E-state index is 11.4. The smallest absolute Gasteiger partial charge is 0.243 e. The van der Waals surface area contributed by atoms with E-state index in [-0.39, 0.29) is 37.8 Å². The van der Waals surface area contributed by atoms with E-state index in [1.165, 1.54) is 6.92 Å². The van der Waals surface area contributed by atoms with E-state index >= 15 is 0 Å². The molecule has 0 saturated carbocycles. The molecule has 1 atom stereocenters. The molecule has 0 bridgehead atoms. The lowest BCUT2D eigenvalue weighted by atomic mass is 10.2. The van der Waals surface area contributed by atoms with Gasteiger partial charge in [-0.25, -0.2) is 0 Å². The fraction of sp³-hybridized carbons (Fsp3) is 0.667. The van der Waals surface area contributed by atoms with Crippen molar-refractivity contribution in [3.63, 3.8) is 0 Å². The van der Waals surface area contributed by atoms with Gasteiger partial charge in [-0.1, -0.05) is 0 Å². The Balaban J connectivity index is 2.58. The first-order valence-electron chi connectivity index (χ1n) is 4.81. The van der Waals surface area contributed by atoms with Crippen LogP contribution in [0.1, 0.15) is 19.8 Å². The summed E-state index contributed by atoms with van der Waals surface area (Å²) >= 11 is 0. The van der Waals surface area contributed by atoms with Gasteiger partial charge in [-0.05, 0) is 6.92 Å². The molecule has 0 aromatic carbocycles. The van der Waals surface area contributed by atoms with Gasteiger partial charge >= 0.3 is 0 Å². The summed E-state index contributed by atoms with van der Waals surface area (Å²) in [4.78, 5) is 35.0. The molecule has 6 heteroatoms. The van der Waals surface area contributed by atoms with Crippen molar-refractivity contribution in [1.82, 2.24) is 10.2 Å². The van der Waals surface area contributed by atoms with Gasteiger partial charge in [0.1, 0.15) is 6.04 Å². The van der Waals surface area contributed by atoms with E-state index in [0.29, 0.717) is 0 Å². The molecule has 3 amide bonds. The summed E-state index contributed by atoms with van der Waals surface area (Å²) < 4.78 is 0. The molecule has 84 valence electrons. The highest BCUT2D eigenvalue weighted by atomic mass is 16.3. The third-order valence-electron chi connectivity index (χ3n) is 2.27. The van der Waals surface area contributed by atoms with Crippen molar-refractivity contribution < 1.29 is 19.5 Å². The van der Waals surface area contributed by atoms with Gasteiger partial charge in [-0.15, -0.1) is 0 Å². The zero-order chi connectivity index (χ0) is 11.4. The fourth-order valence-corrected chi connectivity index (χ4v) is 1.47. The van der Waals surface area contributed by atoms with Crippen LogP contribution in [0.25, 0.3) is 0 Å². The predicted molar refractivity (Wildman–Crippen MR) is 50.6 cm³/mol. The number of rotatable bonds is 4. The average Bonchev–Trinajstić information content (AvgIpc) is 2.54. The van der Waals surface area contributed by atoms with E-state index in [0.717, 1.165) is 4.90 Å². The summed E-state index contributed by atoms with van der Waals surface area (Å²) in [7, 11) is 0. The zero-order valence-electron chi connectivity index (χ0n) is 8.52. The van der Waals surface area contributed by atoms with Gasteiger partial charge < -0.3 is 10.4 Å². The SMILES string of the molecule is C[C@@H](C(=O)NCCO)N1C(=O)CCC1=O. The molecule has 1 saturated heterocycles. The summed E-state index contributed by atoms with van der Waals surface area (Å²) in [6, 6.07) is -0.793. The first kappa shape index (κ1) is 11.6. The third-order valence-corrected chi connectivity index (χ3v) is 2.27. The van der Waals surface area contributed by atoms with Gasteiger partial charge in [0.15, 0.2) is 0 Å². The van der Waals surface area contributed by atoms with Crippen LogP contribution in [-0.4, -0.2) is 46.9 Å². The lowest BCUT2D eigenvalue weighted by molar-refractivity contribution is -0.146. The first-order chi connectivity index (χ1) is 7.07. The second kappa shape index (κ2) is 4.88. The van der Waals surface area contributed by atoms with Crippen LogP contribution >= 0.6 is 0 Å². The molecular formula is C9H14N2O4. The van der Waals surface area contributed by atoms with E-state index in [1.807, 2.05) is 0 Å². The summed E-state index contributed by atoms with van der Waals surface area (Å²) in [5, 5.41) is 10.9. The Morgan fingerprint density at radius 2 is 2.00 bits per heavy atom. The molecule has 1 heterocycles. The minimum Gasteiger partial charge on any atom is -0.395 e. The highest BCUT2D eigenvalue weighted by Crippen LogP contribution is 2.15. The van der Waals surface area contributed by atoms with Crippen LogP contribution in [0, 0.1) is 0 Å². The molecule has 6 nitrogen and oxygen atoms in total. The molecule has 1 aliphatic rings. The standard InChI is InChI=1S/C9H14N2O4/c1-6(9(15)10-4-5-12)11-7(13)2-3-8(11)14/h6,12H,2-5H2,1H3,(H,10,15)/t6-/m0/s1. The molecule has 0 unspecified atom stereocenters. The Kier molecular flexibility index (Phi) is 3.79. The monoisotopic (exact) mass is 214 g/mol. The number of carbonyl (C=O) groups excluding carboxylic acids is 3. The molecule has 0 aliphatic carbocycles. The van der Waals surface area contributed by atoms with Crippen LogP contribution in [0.3, 0.4) is 0 Å². The number of aliphatic hydroxyl groups is 1. The van der Waals surface area contributed by atoms with E-state index in [1.54, 1.807) is 0 Å². The van der Waals surface area contributed by atoms with Crippen LogP contribution in [0.15, 0.2) is 0 Å². The van der Waals surface area contributed by atoms with Crippen molar-refractivity contribution in [2.24, 2.45) is 0 Å². The fourth-order valence-electron chi connectivity index (χ4n) is 1.47. The van der Waals surface area contributed by atoms with E-state index in [9.17, 15) is 14.4 Å². The van der Waals surface area contributed by atoms with Crippen molar-refractivity contribution in [2.45, 2.75) is 25.8 Å². The van der Waals surface area contributed by atoms with E-state index < -0.39 is 11.9 Å². The lowest BCUT2D eigenvalue weighted by Crippen LogP contribution is -2.48. The number of nitrogens with zero attached hydrogens (tertiary/aromatic N) is 1. The van der Waals surface area contributed by atoms with Crippen LogP contribution in [0.5, 0.6) is 0 Å². The van der Waals surface area contributed by atoms with Crippen LogP contribution in [0.4, 0.5) is 0 Å². The molecule has 0 aromatic rings. The molecule has 1 aliphatic heterocycles. The second-order valence-electron chi connectivity index (χ2n) is 3.35. The average molecular weight is 214 g/mol. The first-order valence-corrected chi connectivity index (χ1v) is 4.81. The predicted octanol–water partition coefficient (Wildman–Crippen LogP) is -1.37. The lowest BCUT2D eigenvalue weighted by Gasteiger charge is -2.21. The molecule has 0 spiro atoms. The Morgan fingerprint density at radius 1 is 1.47 bits per heavy atom. The van der Waals surface area contributed by atoms with Crippen LogP contribution in [0.2, 0.25) is 0 Å². The maximum atomic E-state index is 11.4. The highest BCUT2D eigenvalue weighted by Gasteiger charge is 2.35. The van der Waals surface area contributed by atoms with E-state index in [4.69, 9.17) is 5.11 Å². The largest absolute Gasteiger partial charge is 0.395 e. The molecule has 1 fully saturated rings. The summed E-state index contributed by atoms with van der Waals surface area (Å²) in [6.45, 7) is 1.45. The highest BCUT2D eigenvalue weighted by molar-refractivity contribution is 6.05. The van der Waals surface area contributed by atoms with Gasteiger partial charge in [0.25, 0.3) is 0 Å². The van der Waals surface area contributed by atoms with Crippen LogP contribution < -0.4 is 5.32 Å². The number of imide groups is 1. The van der Waals surface area contributed by atoms with Crippen molar-refractivity contribution in [3.05, 3.63) is 0 Å². The molecule has 0 radical (unpaired) electrons. The number of carbonyl (C=O) groups is 3. The van der Waals surface area contributed by atoms with E-state index in [2.05, 4.69) is 5.32 Å². The van der Waals surface area contributed by atoms with Crippen molar-refractivity contribution in [1.29, 1.82) is 0 Å². The topological polar surface area (TPSA) is 86.7 Å². The van der Waals surface area contributed by atoms with Gasteiger partial charge in [-0.2, -0.15) is 0 Å². The molecular weight excluding hydrogens is 200 g/mol. The van der Waals surface area contributed by atoms with Gasteiger partial charge in [-0.3, -0.25) is 19.3 Å². The Bertz CT molecular complexity index is 274. The Hall–Kier alpha value is -1.43. The summed E-state index contributed by atoms with van der Waals surface area (Å²) in [5.74, 6) is -1.05. The van der Waals surface area contributed by atoms with Crippen LogP contribution in [-0.2, 0) is 14.4 Å². The number of aliphatic hydroxyl groups excluding tert-OH is 1. The maximum Gasteiger partial charge on any atom is 0.243 e. The number of likely N-dealkylation sites (tertiary alicyclic amines) is 1. The second-order valence-corrected chi connectivity index (χ2v) is 3.35. The Labute approximate surface area is 87.2 Å². The van der Waals surface area contributed by atoms with Gasteiger partial charge in [0.05, 0.1) is 6.61 Å². The molecule has 0 aromatic heterocycles. The number of hydrogen-bond donors (Lipinski definition) is 2. The van der Waals surface area contributed by atoms with Gasteiger partial charge in [0, 0.05) is 19.4 Å². The number of hydrogen-bond acceptors (Lipinski definition) is 4. The zero-order valence-corrected chi connectivity index (χ0v) is 8.52. The summed E-state index contributed by atoms with van der Waals surface area (Å²) in [6.07, 6.45) is 0.354. The summed E-state index contributed by atoms with van der Waals surface area (Å²) in [5.41, 5.74) is 0. The van der Waals surface area contributed by atoms with Gasteiger partial charge in [0.2, 0.25) is 17.7 Å². The molecule has 15 heavy (non-hydrogen) atoms. The quantitative estimate of drug-likeness (QED) is 0.565. The third kappa shape index (κ3) is 2.53. The van der Waals surface area contributed by atoms with Crippen molar-refractivity contribution >= 4 is 17.7 Å². The number of amides is 3. The molecule has 1 rings (SSSR count). The van der Waals surface area contributed by atoms with Crippen molar-refractivity contribution in [3.8, 4) is 0 Å². The van der Waals surface area contributed by atoms with Crippen molar-refractivity contribution in [2.75, 3.05) is 13.2 Å². The minimum absolute atomic E-state index is 0.124.